The lowest BCUT2D eigenvalue weighted by molar-refractivity contribution is 0.299. The molecule has 0 saturated heterocycles. The second kappa shape index (κ2) is 5.59. The molecule has 0 atom stereocenters. The van der Waals surface area contributed by atoms with Crippen molar-refractivity contribution in [3.05, 3.63) is 58.2 Å². The first-order valence-electron chi connectivity index (χ1n) is 5.68. The van der Waals surface area contributed by atoms with Gasteiger partial charge in [0.25, 0.3) is 0 Å². The molecule has 3 aromatic rings. The first-order valence-corrected chi connectivity index (χ1v) is 7.36. The van der Waals surface area contributed by atoms with E-state index >= 15 is 0 Å². The molecule has 0 aliphatic rings. The fourth-order valence-electron chi connectivity index (χ4n) is 1.60. The molecule has 1 aromatic carbocycles. The van der Waals surface area contributed by atoms with E-state index in [1.165, 1.54) is 0 Å². The first kappa shape index (κ1) is 12.4. The zero-order chi connectivity index (χ0) is 13.1. The maximum absolute atomic E-state index is 5.69. The van der Waals surface area contributed by atoms with E-state index in [1.54, 1.807) is 17.6 Å². The van der Waals surface area contributed by atoms with Crippen molar-refractivity contribution in [2.45, 2.75) is 6.61 Å². The van der Waals surface area contributed by atoms with Crippen LogP contribution >= 0.6 is 27.3 Å². The minimum atomic E-state index is 0.386. The van der Waals surface area contributed by atoms with Crippen molar-refractivity contribution < 1.29 is 9.15 Å². The van der Waals surface area contributed by atoms with Gasteiger partial charge in [-0.2, -0.15) is 0 Å². The number of halogens is 1. The summed E-state index contributed by atoms with van der Waals surface area (Å²) in [6.45, 7) is 0.386. The third-order valence-corrected chi connectivity index (χ3v) is 4.01. The highest BCUT2D eigenvalue weighted by atomic mass is 79.9. The smallest absolute Gasteiger partial charge is 0.236 e. The van der Waals surface area contributed by atoms with E-state index in [0.29, 0.717) is 12.5 Å². The van der Waals surface area contributed by atoms with E-state index in [9.17, 15) is 0 Å². The molecule has 3 rings (SSSR count). The molecule has 0 radical (unpaired) electrons. The van der Waals surface area contributed by atoms with Crippen LogP contribution in [0.2, 0.25) is 0 Å². The van der Waals surface area contributed by atoms with Crippen LogP contribution in [0.5, 0.6) is 5.75 Å². The van der Waals surface area contributed by atoms with Crippen molar-refractivity contribution in [2.75, 3.05) is 0 Å². The molecule has 0 N–H and O–H groups in total. The second-order valence-electron chi connectivity index (χ2n) is 3.84. The molecule has 96 valence electrons. The maximum atomic E-state index is 5.69. The highest BCUT2D eigenvalue weighted by Crippen LogP contribution is 2.26. The molecular formula is C14H10BrNO2S. The Morgan fingerprint density at radius 2 is 2.11 bits per heavy atom. The summed E-state index contributed by atoms with van der Waals surface area (Å²) in [6, 6.07) is 11.7. The van der Waals surface area contributed by atoms with Crippen molar-refractivity contribution in [3.8, 4) is 16.5 Å². The Bertz CT molecular complexity index is 664. The number of benzene rings is 1. The lowest BCUT2D eigenvalue weighted by atomic mass is 10.3. The lowest BCUT2D eigenvalue weighted by Crippen LogP contribution is -1.96. The minimum Gasteiger partial charge on any atom is -0.486 e. The quantitative estimate of drug-likeness (QED) is 0.690. The zero-order valence-electron chi connectivity index (χ0n) is 9.88. The molecule has 0 aliphatic heterocycles. The summed E-state index contributed by atoms with van der Waals surface area (Å²) in [4.78, 5) is 5.42. The molecule has 2 heterocycles. The lowest BCUT2D eigenvalue weighted by Gasteiger charge is -2.05. The monoisotopic (exact) mass is 335 g/mol. The van der Waals surface area contributed by atoms with E-state index in [4.69, 9.17) is 9.15 Å². The van der Waals surface area contributed by atoms with E-state index in [2.05, 4.69) is 20.9 Å². The number of nitrogens with zero attached hydrogens (tertiary/aromatic N) is 1. The van der Waals surface area contributed by atoms with Gasteiger partial charge in [0.2, 0.25) is 5.89 Å². The van der Waals surface area contributed by atoms with Crippen LogP contribution in [0.3, 0.4) is 0 Å². The van der Waals surface area contributed by atoms with Crippen LogP contribution in [0.4, 0.5) is 0 Å². The van der Waals surface area contributed by atoms with Gasteiger partial charge in [-0.25, -0.2) is 4.98 Å². The molecule has 0 amide bonds. The SMILES string of the molecule is Brc1ccccc1OCc1coc(-c2cccs2)n1. The van der Waals surface area contributed by atoms with E-state index in [1.807, 2.05) is 41.8 Å². The third-order valence-electron chi connectivity index (χ3n) is 2.50. The first-order chi connectivity index (χ1) is 9.33. The van der Waals surface area contributed by atoms with Crippen LogP contribution in [0, 0.1) is 0 Å². The Kier molecular flexibility index (Phi) is 3.66. The van der Waals surface area contributed by atoms with Gasteiger partial charge in [0.1, 0.15) is 24.3 Å². The number of ether oxygens (including phenoxy) is 1. The van der Waals surface area contributed by atoms with Crippen molar-refractivity contribution in [2.24, 2.45) is 0 Å². The number of para-hydroxylation sites is 1. The average Bonchev–Trinajstić information content (AvgIpc) is 3.09. The molecule has 0 spiro atoms. The molecule has 5 heteroatoms. The Morgan fingerprint density at radius 1 is 1.21 bits per heavy atom. The van der Waals surface area contributed by atoms with Crippen LogP contribution in [-0.2, 0) is 6.61 Å². The highest BCUT2D eigenvalue weighted by Gasteiger charge is 2.08. The summed E-state index contributed by atoms with van der Waals surface area (Å²) in [5.41, 5.74) is 0.777. The number of aromatic nitrogens is 1. The standard InChI is InChI=1S/C14H10BrNO2S/c15-11-4-1-2-5-12(11)17-8-10-9-18-14(16-10)13-6-3-7-19-13/h1-7,9H,8H2. The molecule has 0 unspecified atom stereocenters. The average molecular weight is 336 g/mol. The van der Waals surface area contributed by atoms with Gasteiger partial charge in [-0.3, -0.25) is 0 Å². The number of rotatable bonds is 4. The number of thiophene rings is 1. The summed E-state index contributed by atoms with van der Waals surface area (Å²) in [6.07, 6.45) is 1.63. The van der Waals surface area contributed by atoms with Gasteiger partial charge in [0.15, 0.2) is 0 Å². The molecule has 19 heavy (non-hydrogen) atoms. The van der Waals surface area contributed by atoms with Gasteiger partial charge in [-0.05, 0) is 39.5 Å². The Labute approximate surface area is 123 Å². The maximum Gasteiger partial charge on any atom is 0.236 e. The van der Waals surface area contributed by atoms with Gasteiger partial charge >= 0.3 is 0 Å². The summed E-state index contributed by atoms with van der Waals surface area (Å²) in [5, 5.41) is 2.00. The normalized spacial score (nSPS) is 10.6. The molecule has 2 aromatic heterocycles. The van der Waals surface area contributed by atoms with Crippen LogP contribution in [0.25, 0.3) is 10.8 Å². The topological polar surface area (TPSA) is 35.3 Å². The summed E-state index contributed by atoms with van der Waals surface area (Å²) >= 11 is 5.04. The Morgan fingerprint density at radius 3 is 2.89 bits per heavy atom. The molecule has 0 saturated carbocycles. The molecule has 0 aliphatic carbocycles. The molecule has 3 nitrogen and oxygen atoms in total. The van der Waals surface area contributed by atoms with Crippen molar-refractivity contribution in [1.29, 1.82) is 0 Å². The van der Waals surface area contributed by atoms with Crippen molar-refractivity contribution in [1.82, 2.24) is 4.98 Å². The number of oxazole rings is 1. The number of hydrogen-bond acceptors (Lipinski definition) is 4. The fraction of sp³-hybridized carbons (Fsp3) is 0.0714. The zero-order valence-corrected chi connectivity index (χ0v) is 12.3. The van der Waals surface area contributed by atoms with E-state index in [-0.39, 0.29) is 0 Å². The van der Waals surface area contributed by atoms with Crippen molar-refractivity contribution in [3.63, 3.8) is 0 Å². The highest BCUT2D eigenvalue weighted by molar-refractivity contribution is 9.10. The Hall–Kier alpha value is -1.59. The summed E-state index contributed by atoms with van der Waals surface area (Å²) in [7, 11) is 0. The summed E-state index contributed by atoms with van der Waals surface area (Å²) in [5.74, 6) is 1.43. The third kappa shape index (κ3) is 2.88. The van der Waals surface area contributed by atoms with Gasteiger partial charge in [0, 0.05) is 0 Å². The predicted octanol–water partition coefficient (Wildman–Crippen LogP) is 4.74. The van der Waals surface area contributed by atoms with Crippen LogP contribution in [0.1, 0.15) is 5.69 Å². The van der Waals surface area contributed by atoms with Gasteiger partial charge in [-0.1, -0.05) is 18.2 Å². The fourth-order valence-corrected chi connectivity index (χ4v) is 2.65. The van der Waals surface area contributed by atoms with E-state index < -0.39 is 0 Å². The minimum absolute atomic E-state index is 0.386. The van der Waals surface area contributed by atoms with Crippen LogP contribution in [0.15, 0.2) is 56.9 Å². The number of hydrogen-bond donors (Lipinski definition) is 0. The second-order valence-corrected chi connectivity index (χ2v) is 5.64. The van der Waals surface area contributed by atoms with Crippen LogP contribution < -0.4 is 4.74 Å². The van der Waals surface area contributed by atoms with Gasteiger partial charge in [-0.15, -0.1) is 11.3 Å². The molecular weight excluding hydrogens is 326 g/mol. The van der Waals surface area contributed by atoms with E-state index in [0.717, 1.165) is 20.8 Å². The molecule has 0 bridgehead atoms. The summed E-state index contributed by atoms with van der Waals surface area (Å²) < 4.78 is 12.1. The largest absolute Gasteiger partial charge is 0.486 e. The van der Waals surface area contributed by atoms with Gasteiger partial charge in [0.05, 0.1) is 9.35 Å². The van der Waals surface area contributed by atoms with Crippen LogP contribution in [-0.4, -0.2) is 4.98 Å². The molecule has 0 fully saturated rings. The Balaban J connectivity index is 1.70. The predicted molar refractivity (Wildman–Crippen MR) is 78.3 cm³/mol. The van der Waals surface area contributed by atoms with Crippen molar-refractivity contribution >= 4 is 27.3 Å². The van der Waals surface area contributed by atoms with Gasteiger partial charge < -0.3 is 9.15 Å².